The van der Waals surface area contributed by atoms with Gasteiger partial charge in [0.2, 0.25) is 0 Å². The van der Waals surface area contributed by atoms with Crippen LogP contribution in [0, 0.1) is 0 Å². The summed E-state index contributed by atoms with van der Waals surface area (Å²) in [5.74, 6) is -2.75. The standard InChI is InChI=1S/C18H14N4O11S3.3Na/c23-17-14(21-19-10-1-5-12(6-2-10)34(25,26)27)9-15(36(31,32)33)18(24)16(17)22-20-11-3-7-13(8-4-11)35(28,29)30;;;/h1-9,23-24H,(H,25,26,27)(H,28,29,30)(H,31,32,33);;;/q;3*+1/p-3. The van der Waals surface area contributed by atoms with E-state index in [1.54, 1.807) is 0 Å². The third-order valence-electron chi connectivity index (χ3n) is 4.23. The Hall–Kier alpha value is -0.810. The number of hydrogen-bond donors (Lipinski definition) is 2. The number of hydrogen-bond acceptors (Lipinski definition) is 13. The molecule has 39 heavy (non-hydrogen) atoms. The first-order valence-corrected chi connectivity index (χ1v) is 13.4. The first-order valence-electron chi connectivity index (χ1n) is 9.07. The molecule has 0 aliphatic rings. The molecular weight excluding hydrogens is 613 g/mol. The molecular formula is C18H11N4Na3O11S3. The number of nitrogens with zero attached hydrogens (tertiary/aromatic N) is 4. The molecule has 21 heteroatoms. The predicted molar refractivity (Wildman–Crippen MR) is 114 cm³/mol. The number of benzene rings is 3. The second kappa shape index (κ2) is 14.9. The molecule has 0 aliphatic heterocycles. The minimum absolute atomic E-state index is 0. The Labute approximate surface area is 288 Å². The van der Waals surface area contributed by atoms with Crippen molar-refractivity contribution in [2.24, 2.45) is 20.5 Å². The molecule has 190 valence electrons. The van der Waals surface area contributed by atoms with Gasteiger partial charge in [0.25, 0.3) is 20.2 Å². The topological polar surface area (TPSA) is 261 Å². The summed E-state index contributed by atoms with van der Waals surface area (Å²) in [5.41, 5.74) is -2.01. The molecule has 0 fully saturated rings. The summed E-state index contributed by atoms with van der Waals surface area (Å²) in [5, 5.41) is 39.2. The Balaban J connectivity index is 0.00000481. The van der Waals surface area contributed by atoms with Crippen LogP contribution >= 0.6 is 0 Å². The van der Waals surface area contributed by atoms with Crippen molar-refractivity contribution >= 4 is 53.1 Å². The van der Waals surface area contributed by atoms with Crippen molar-refractivity contribution in [3.8, 4) is 11.5 Å². The Bertz CT molecular complexity index is 1710. The summed E-state index contributed by atoms with van der Waals surface area (Å²) < 4.78 is 96.7. The molecule has 0 amide bonds. The maximum Gasteiger partial charge on any atom is 1.00 e. The first-order chi connectivity index (χ1) is 16.6. The van der Waals surface area contributed by atoms with Crippen LogP contribution in [-0.4, -0.2) is 38.9 Å². The van der Waals surface area contributed by atoms with Crippen molar-refractivity contribution in [2.45, 2.75) is 14.7 Å². The van der Waals surface area contributed by atoms with Crippen LogP contribution in [0.4, 0.5) is 22.7 Å². The Kier molecular flexibility index (Phi) is 14.6. The van der Waals surface area contributed by atoms with Crippen molar-refractivity contribution in [1.29, 1.82) is 0 Å². The van der Waals surface area contributed by atoms with Crippen molar-refractivity contribution in [2.75, 3.05) is 0 Å². The fraction of sp³-hybridized carbons (Fsp3) is 0. The molecule has 0 unspecified atom stereocenters. The second-order valence-electron chi connectivity index (χ2n) is 6.69. The number of azo groups is 2. The quantitative estimate of drug-likeness (QED) is 0.142. The summed E-state index contributed by atoms with van der Waals surface area (Å²) in [7, 11) is -14.4. The molecule has 0 saturated heterocycles. The van der Waals surface area contributed by atoms with E-state index < -0.39 is 67.9 Å². The van der Waals surface area contributed by atoms with Crippen molar-refractivity contribution in [1.82, 2.24) is 0 Å². The third-order valence-corrected chi connectivity index (χ3v) is 6.81. The average Bonchev–Trinajstić information content (AvgIpc) is 2.77. The van der Waals surface area contributed by atoms with Gasteiger partial charge in [0, 0.05) is 0 Å². The van der Waals surface area contributed by atoms with Gasteiger partial charge in [0.05, 0.1) is 37.4 Å². The van der Waals surface area contributed by atoms with Gasteiger partial charge in [-0.05, 0) is 54.6 Å². The minimum Gasteiger partial charge on any atom is -0.870 e. The molecule has 2 N–H and O–H groups in total. The van der Waals surface area contributed by atoms with E-state index in [1.165, 1.54) is 0 Å². The van der Waals surface area contributed by atoms with E-state index in [4.69, 9.17) is 4.55 Å². The molecule has 0 aromatic heterocycles. The van der Waals surface area contributed by atoms with Crippen molar-refractivity contribution in [3.05, 3.63) is 54.6 Å². The summed E-state index contributed by atoms with van der Waals surface area (Å²) >= 11 is 0. The van der Waals surface area contributed by atoms with Crippen LogP contribution in [0.15, 0.2) is 89.7 Å². The Morgan fingerprint density at radius 1 is 0.590 bits per heavy atom. The molecule has 15 nitrogen and oxygen atoms in total. The van der Waals surface area contributed by atoms with Gasteiger partial charge >= 0.3 is 88.7 Å². The Morgan fingerprint density at radius 2 is 1.03 bits per heavy atom. The second-order valence-corrected chi connectivity index (χ2v) is 10.9. The van der Waals surface area contributed by atoms with Crippen LogP contribution in [0.25, 0.3) is 0 Å². The molecule has 3 aromatic rings. The van der Waals surface area contributed by atoms with Crippen molar-refractivity contribution < 1.29 is 138 Å². The van der Waals surface area contributed by atoms with E-state index >= 15 is 0 Å². The molecule has 0 heterocycles. The largest absolute Gasteiger partial charge is 1.00 e. The number of rotatable bonds is 7. The normalized spacial score (nSPS) is 12.0. The summed E-state index contributed by atoms with van der Waals surface area (Å²) in [6, 6.07) is 8.37. The molecule has 3 aromatic carbocycles. The maximum absolute atomic E-state index is 12.7. The fourth-order valence-electron chi connectivity index (χ4n) is 2.54. The molecule has 0 atom stereocenters. The van der Waals surface area contributed by atoms with Gasteiger partial charge in [-0.2, -0.15) is 37.3 Å². The zero-order chi connectivity index (χ0) is 26.9. The van der Waals surface area contributed by atoms with Gasteiger partial charge in [-0.15, -0.1) is 0 Å². The molecule has 0 bridgehead atoms. The van der Waals surface area contributed by atoms with Crippen molar-refractivity contribution in [3.63, 3.8) is 0 Å². The molecule has 0 spiro atoms. The molecule has 3 rings (SSSR count). The van der Waals surface area contributed by atoms with E-state index in [0.717, 1.165) is 48.5 Å². The molecule has 0 aliphatic carbocycles. The van der Waals surface area contributed by atoms with Gasteiger partial charge in [-0.1, -0.05) is 11.5 Å². The zero-order valence-electron chi connectivity index (χ0n) is 20.3. The van der Waals surface area contributed by atoms with Crippen LogP contribution in [0.5, 0.6) is 11.5 Å². The first kappa shape index (κ1) is 38.2. The van der Waals surface area contributed by atoms with E-state index in [9.17, 15) is 44.6 Å². The SMILES string of the molecule is O=S(=O)([O-])c1ccc(N=Nc2cc(S(=O)(=O)O)c([O-])c(N=Nc3ccc(S(=O)(=O)O)cc3)c2[O-])cc1.[Na+].[Na+].[Na+]. The van der Waals surface area contributed by atoms with Gasteiger partial charge in [0.1, 0.15) is 10.1 Å². The van der Waals surface area contributed by atoms with Crippen LogP contribution in [0.2, 0.25) is 0 Å². The van der Waals surface area contributed by atoms with Gasteiger partial charge in [-0.3, -0.25) is 9.11 Å². The molecule has 0 saturated carbocycles. The summed E-state index contributed by atoms with van der Waals surface area (Å²) in [6.07, 6.45) is 0. The van der Waals surface area contributed by atoms with Crippen LogP contribution in [0.1, 0.15) is 0 Å². The summed E-state index contributed by atoms with van der Waals surface area (Å²) in [6.45, 7) is 0. The Morgan fingerprint density at radius 3 is 1.44 bits per heavy atom. The maximum atomic E-state index is 12.7. The predicted octanol–water partition coefficient (Wildman–Crippen LogP) is -6.93. The van der Waals surface area contributed by atoms with E-state index in [0.29, 0.717) is 6.07 Å². The van der Waals surface area contributed by atoms with Crippen LogP contribution in [0.3, 0.4) is 0 Å². The van der Waals surface area contributed by atoms with Gasteiger partial charge in [-0.25, -0.2) is 8.42 Å². The van der Waals surface area contributed by atoms with E-state index in [1.807, 2.05) is 0 Å². The molecule has 0 radical (unpaired) electrons. The van der Waals surface area contributed by atoms with E-state index in [-0.39, 0.29) is 100 Å². The summed E-state index contributed by atoms with van der Waals surface area (Å²) in [4.78, 5) is -2.31. The monoisotopic (exact) mass is 624 g/mol. The van der Waals surface area contributed by atoms with E-state index in [2.05, 4.69) is 20.5 Å². The smallest absolute Gasteiger partial charge is 0.870 e. The van der Waals surface area contributed by atoms with Gasteiger partial charge in [0.15, 0.2) is 0 Å². The third kappa shape index (κ3) is 10.2. The zero-order valence-corrected chi connectivity index (χ0v) is 28.7. The fourth-order valence-corrected chi connectivity index (χ4v) is 4.08. The van der Waals surface area contributed by atoms with Crippen LogP contribution < -0.4 is 98.9 Å². The average molecular weight is 624 g/mol. The van der Waals surface area contributed by atoms with Gasteiger partial charge < -0.3 is 14.8 Å². The van der Waals surface area contributed by atoms with Crippen LogP contribution in [-0.2, 0) is 30.4 Å². The minimum atomic E-state index is -5.16.